The van der Waals surface area contributed by atoms with Crippen LogP contribution >= 0.6 is 0 Å². The summed E-state index contributed by atoms with van der Waals surface area (Å²) >= 11 is 0. The second-order valence-corrected chi connectivity index (χ2v) is 6.52. The summed E-state index contributed by atoms with van der Waals surface area (Å²) in [5.74, 6) is 1.08. The summed E-state index contributed by atoms with van der Waals surface area (Å²) in [6.45, 7) is 0. The minimum absolute atomic E-state index is 0.135. The number of nitrogens with one attached hydrogen (secondary N) is 1. The van der Waals surface area contributed by atoms with Gasteiger partial charge in [0.25, 0.3) is 5.56 Å². The number of fused-ring (bicyclic) bond motifs is 1. The Hall–Kier alpha value is -2.63. The minimum atomic E-state index is -0.135. The first kappa shape index (κ1) is 14.9. The number of H-pyrrole nitrogens is 1. The van der Waals surface area contributed by atoms with Crippen LogP contribution in [0.4, 0.5) is 5.95 Å². The molecule has 1 fully saturated rings. The Kier molecular flexibility index (Phi) is 3.59. The number of aromatic nitrogens is 4. The number of aryl methyl sites for hydroxylation is 1. The largest absolute Gasteiger partial charge is 0.342 e. The number of rotatable bonds is 3. The molecule has 3 aromatic rings. The van der Waals surface area contributed by atoms with E-state index in [9.17, 15) is 4.79 Å². The SMILES string of the molecule is CN(c1nc2c(cnn2C)c(=O)[nH]1)[C@H]1CCC[C@@H]1c1ccccc1. The van der Waals surface area contributed by atoms with Crippen LogP contribution in [0, 0.1) is 0 Å². The standard InChI is InChI=1S/C18H21N5O/c1-22(15-10-6-9-13(15)12-7-4-3-5-8-12)18-20-16-14(17(24)21-18)11-19-23(16)2/h3-5,7-8,11,13,15H,6,9-10H2,1-2H3,(H,20,21,24)/t13-,15+/m1/s1. The van der Waals surface area contributed by atoms with E-state index in [4.69, 9.17) is 0 Å². The molecular weight excluding hydrogens is 302 g/mol. The van der Waals surface area contributed by atoms with Crippen molar-refractivity contribution in [2.45, 2.75) is 31.2 Å². The summed E-state index contributed by atoms with van der Waals surface area (Å²) in [6.07, 6.45) is 5.01. The maximum Gasteiger partial charge on any atom is 0.263 e. The van der Waals surface area contributed by atoms with Crippen molar-refractivity contribution in [3.05, 3.63) is 52.4 Å². The Bertz CT molecular complexity index is 914. The Balaban J connectivity index is 1.71. The molecule has 0 spiro atoms. The predicted molar refractivity (Wildman–Crippen MR) is 94.4 cm³/mol. The molecule has 6 heteroatoms. The summed E-state index contributed by atoms with van der Waals surface area (Å²) in [5.41, 5.74) is 1.84. The number of hydrogen-bond acceptors (Lipinski definition) is 4. The molecular formula is C18H21N5O. The highest BCUT2D eigenvalue weighted by Crippen LogP contribution is 2.38. The average Bonchev–Trinajstić information content (AvgIpc) is 3.23. The smallest absolute Gasteiger partial charge is 0.263 e. The zero-order chi connectivity index (χ0) is 16.7. The van der Waals surface area contributed by atoms with E-state index in [0.29, 0.717) is 28.9 Å². The molecule has 0 unspecified atom stereocenters. The molecule has 0 bridgehead atoms. The number of hydrogen-bond donors (Lipinski definition) is 1. The molecule has 1 N–H and O–H groups in total. The van der Waals surface area contributed by atoms with Gasteiger partial charge in [0, 0.05) is 26.1 Å². The zero-order valence-electron chi connectivity index (χ0n) is 13.9. The molecule has 2 heterocycles. The van der Waals surface area contributed by atoms with Crippen molar-refractivity contribution in [3.63, 3.8) is 0 Å². The van der Waals surface area contributed by atoms with Crippen LogP contribution in [0.3, 0.4) is 0 Å². The van der Waals surface area contributed by atoms with Crippen molar-refractivity contribution in [1.82, 2.24) is 19.7 Å². The van der Waals surface area contributed by atoms with E-state index >= 15 is 0 Å². The van der Waals surface area contributed by atoms with Gasteiger partial charge in [-0.05, 0) is 18.4 Å². The van der Waals surface area contributed by atoms with Crippen LogP contribution in [-0.2, 0) is 7.05 Å². The monoisotopic (exact) mass is 323 g/mol. The first-order valence-electron chi connectivity index (χ1n) is 8.35. The fourth-order valence-electron chi connectivity index (χ4n) is 3.84. The summed E-state index contributed by atoms with van der Waals surface area (Å²) in [4.78, 5) is 22.0. The van der Waals surface area contributed by atoms with E-state index < -0.39 is 0 Å². The zero-order valence-corrected chi connectivity index (χ0v) is 13.9. The highest BCUT2D eigenvalue weighted by atomic mass is 16.1. The number of aromatic amines is 1. The van der Waals surface area contributed by atoms with Crippen LogP contribution in [0.5, 0.6) is 0 Å². The van der Waals surface area contributed by atoms with Crippen LogP contribution in [-0.4, -0.2) is 32.8 Å². The van der Waals surface area contributed by atoms with Crippen LogP contribution in [0.25, 0.3) is 11.0 Å². The van der Waals surface area contributed by atoms with E-state index in [1.54, 1.807) is 17.9 Å². The Morgan fingerprint density at radius 2 is 2.04 bits per heavy atom. The number of likely N-dealkylation sites (N-methyl/N-ethyl adjacent to an activating group) is 1. The molecule has 124 valence electrons. The van der Waals surface area contributed by atoms with Gasteiger partial charge >= 0.3 is 0 Å². The third kappa shape index (κ3) is 2.38. The van der Waals surface area contributed by atoms with Gasteiger partial charge in [-0.15, -0.1) is 0 Å². The second-order valence-electron chi connectivity index (χ2n) is 6.52. The third-order valence-electron chi connectivity index (χ3n) is 5.13. The summed E-state index contributed by atoms with van der Waals surface area (Å²) in [6, 6.07) is 10.9. The van der Waals surface area contributed by atoms with Crippen molar-refractivity contribution in [2.75, 3.05) is 11.9 Å². The molecule has 6 nitrogen and oxygen atoms in total. The summed E-state index contributed by atoms with van der Waals surface area (Å²) < 4.78 is 1.64. The lowest BCUT2D eigenvalue weighted by Gasteiger charge is -2.30. The van der Waals surface area contributed by atoms with Crippen molar-refractivity contribution in [3.8, 4) is 0 Å². The molecule has 2 aromatic heterocycles. The van der Waals surface area contributed by atoms with Gasteiger partial charge in [0.15, 0.2) is 5.65 Å². The van der Waals surface area contributed by atoms with Gasteiger partial charge in [-0.25, -0.2) is 0 Å². The molecule has 0 aliphatic heterocycles. The molecule has 1 aliphatic rings. The molecule has 0 amide bonds. The van der Waals surface area contributed by atoms with Crippen LogP contribution in [0.15, 0.2) is 41.3 Å². The lowest BCUT2D eigenvalue weighted by Crippen LogP contribution is -2.36. The van der Waals surface area contributed by atoms with E-state index in [2.05, 4.69) is 44.2 Å². The number of anilines is 1. The fraction of sp³-hybridized carbons (Fsp3) is 0.389. The molecule has 1 aromatic carbocycles. The van der Waals surface area contributed by atoms with Gasteiger partial charge in [-0.2, -0.15) is 10.1 Å². The average molecular weight is 323 g/mol. The first-order valence-corrected chi connectivity index (χ1v) is 8.35. The van der Waals surface area contributed by atoms with Crippen LogP contribution in [0.1, 0.15) is 30.7 Å². The Morgan fingerprint density at radius 3 is 2.83 bits per heavy atom. The normalized spacial score (nSPS) is 20.6. The highest BCUT2D eigenvalue weighted by Gasteiger charge is 2.32. The second kappa shape index (κ2) is 5.78. The maximum absolute atomic E-state index is 12.3. The first-order chi connectivity index (χ1) is 11.6. The molecule has 0 radical (unpaired) electrons. The fourth-order valence-corrected chi connectivity index (χ4v) is 3.84. The van der Waals surface area contributed by atoms with Gasteiger partial charge in [-0.1, -0.05) is 36.8 Å². The summed E-state index contributed by atoms with van der Waals surface area (Å²) in [5, 5.41) is 4.66. The van der Waals surface area contributed by atoms with Gasteiger partial charge in [0.1, 0.15) is 5.39 Å². The van der Waals surface area contributed by atoms with Gasteiger partial charge < -0.3 is 4.90 Å². The molecule has 2 atom stereocenters. The Morgan fingerprint density at radius 1 is 1.25 bits per heavy atom. The summed E-state index contributed by atoms with van der Waals surface area (Å²) in [7, 11) is 3.83. The van der Waals surface area contributed by atoms with E-state index in [1.165, 1.54) is 12.0 Å². The minimum Gasteiger partial charge on any atom is -0.342 e. The van der Waals surface area contributed by atoms with Crippen molar-refractivity contribution in [1.29, 1.82) is 0 Å². The molecule has 1 saturated carbocycles. The Labute approximate surface area is 140 Å². The molecule has 4 rings (SSSR count). The van der Waals surface area contributed by atoms with Gasteiger partial charge in [0.05, 0.1) is 6.20 Å². The quantitative estimate of drug-likeness (QED) is 0.804. The van der Waals surface area contributed by atoms with Crippen molar-refractivity contribution in [2.24, 2.45) is 7.05 Å². The lowest BCUT2D eigenvalue weighted by atomic mass is 9.93. The highest BCUT2D eigenvalue weighted by molar-refractivity contribution is 5.74. The van der Waals surface area contributed by atoms with Crippen molar-refractivity contribution >= 4 is 17.0 Å². The van der Waals surface area contributed by atoms with Crippen molar-refractivity contribution < 1.29 is 0 Å². The van der Waals surface area contributed by atoms with Gasteiger partial charge in [-0.3, -0.25) is 14.5 Å². The van der Waals surface area contributed by atoms with E-state index in [1.807, 2.05) is 13.1 Å². The number of benzene rings is 1. The maximum atomic E-state index is 12.3. The van der Waals surface area contributed by atoms with E-state index in [0.717, 1.165) is 12.8 Å². The topological polar surface area (TPSA) is 66.8 Å². The number of nitrogens with zero attached hydrogens (tertiary/aromatic N) is 4. The van der Waals surface area contributed by atoms with E-state index in [-0.39, 0.29) is 5.56 Å². The van der Waals surface area contributed by atoms with Crippen LogP contribution in [0.2, 0.25) is 0 Å². The molecule has 1 aliphatic carbocycles. The third-order valence-corrected chi connectivity index (χ3v) is 5.13. The predicted octanol–water partition coefficient (Wildman–Crippen LogP) is 2.43. The lowest BCUT2D eigenvalue weighted by molar-refractivity contribution is 0.570. The van der Waals surface area contributed by atoms with Crippen LogP contribution < -0.4 is 10.5 Å². The van der Waals surface area contributed by atoms with Gasteiger partial charge in [0.2, 0.25) is 5.95 Å². The molecule has 0 saturated heterocycles. The molecule has 24 heavy (non-hydrogen) atoms.